The molecule has 72 valence electrons. The zero-order chi connectivity index (χ0) is 9.97. The van der Waals surface area contributed by atoms with E-state index < -0.39 is 5.97 Å². The Morgan fingerprint density at radius 1 is 1.36 bits per heavy atom. The monoisotopic (exact) mass is 189 g/mol. The van der Waals surface area contributed by atoms with Crippen molar-refractivity contribution in [3.63, 3.8) is 0 Å². The molecule has 2 N–H and O–H groups in total. The summed E-state index contributed by atoms with van der Waals surface area (Å²) in [6, 6.07) is 9.44. The lowest BCUT2D eigenvalue weighted by Crippen LogP contribution is -2.19. The lowest BCUT2D eigenvalue weighted by Gasteiger charge is -2.12. The highest BCUT2D eigenvalue weighted by Gasteiger charge is 2.24. The first-order valence-electron chi connectivity index (χ1n) is 4.50. The van der Waals surface area contributed by atoms with Gasteiger partial charge in [-0.05, 0) is 5.56 Å². The predicted molar refractivity (Wildman–Crippen MR) is 52.9 cm³/mol. The van der Waals surface area contributed by atoms with Gasteiger partial charge in [-0.15, -0.1) is 0 Å². The van der Waals surface area contributed by atoms with Crippen molar-refractivity contribution >= 4 is 5.97 Å². The molecule has 1 aliphatic rings. The number of carboxylic acids is 1. The number of carbonyl (C=O) groups is 1. The molecule has 1 aliphatic heterocycles. The van der Waals surface area contributed by atoms with Gasteiger partial charge in [-0.1, -0.05) is 36.4 Å². The summed E-state index contributed by atoms with van der Waals surface area (Å²) < 4.78 is 0. The Bertz CT molecular complexity index is 370. The normalized spacial score (nSPS) is 20.6. The van der Waals surface area contributed by atoms with Crippen LogP contribution in [0.5, 0.6) is 0 Å². The van der Waals surface area contributed by atoms with Crippen LogP contribution in [-0.2, 0) is 4.79 Å². The number of hydrogen-bond donors (Lipinski definition) is 2. The molecule has 1 aromatic carbocycles. The van der Waals surface area contributed by atoms with Gasteiger partial charge < -0.3 is 10.4 Å². The van der Waals surface area contributed by atoms with E-state index in [0.29, 0.717) is 12.1 Å². The molecule has 3 heteroatoms. The van der Waals surface area contributed by atoms with E-state index in [4.69, 9.17) is 5.11 Å². The first kappa shape index (κ1) is 8.97. The zero-order valence-electron chi connectivity index (χ0n) is 7.60. The molecule has 0 fully saturated rings. The molecule has 3 nitrogen and oxygen atoms in total. The van der Waals surface area contributed by atoms with Crippen LogP contribution in [0.1, 0.15) is 11.6 Å². The quantitative estimate of drug-likeness (QED) is 0.738. The molecule has 2 rings (SSSR count). The van der Waals surface area contributed by atoms with E-state index in [1.54, 1.807) is 6.08 Å². The van der Waals surface area contributed by atoms with E-state index in [1.807, 2.05) is 30.3 Å². The number of carboxylic acid groups (broad SMARTS) is 1. The summed E-state index contributed by atoms with van der Waals surface area (Å²) in [6.45, 7) is 0.626. The maximum Gasteiger partial charge on any atom is 0.333 e. The average Bonchev–Trinajstić information content (AvgIpc) is 2.67. The SMILES string of the molecule is O=C(O)C1=CCN[C@H]1c1ccccc1. The maximum atomic E-state index is 10.9. The highest BCUT2D eigenvalue weighted by Crippen LogP contribution is 2.24. The van der Waals surface area contributed by atoms with E-state index in [1.165, 1.54) is 0 Å². The van der Waals surface area contributed by atoms with E-state index in [9.17, 15) is 4.79 Å². The van der Waals surface area contributed by atoms with Gasteiger partial charge in [0, 0.05) is 6.54 Å². The van der Waals surface area contributed by atoms with E-state index in [2.05, 4.69) is 5.32 Å². The van der Waals surface area contributed by atoms with Crippen molar-refractivity contribution in [2.45, 2.75) is 6.04 Å². The minimum absolute atomic E-state index is 0.159. The molecule has 0 bridgehead atoms. The summed E-state index contributed by atoms with van der Waals surface area (Å²) >= 11 is 0. The number of nitrogens with one attached hydrogen (secondary N) is 1. The highest BCUT2D eigenvalue weighted by atomic mass is 16.4. The fourth-order valence-electron chi connectivity index (χ4n) is 1.67. The molecule has 0 amide bonds. The second kappa shape index (κ2) is 3.64. The lowest BCUT2D eigenvalue weighted by molar-refractivity contribution is -0.132. The number of aliphatic carboxylic acids is 1. The zero-order valence-corrected chi connectivity index (χ0v) is 7.60. The van der Waals surface area contributed by atoms with Crippen LogP contribution in [0.15, 0.2) is 42.0 Å². The molecule has 0 radical (unpaired) electrons. The van der Waals surface area contributed by atoms with Gasteiger partial charge in [0.2, 0.25) is 0 Å². The van der Waals surface area contributed by atoms with Crippen molar-refractivity contribution in [2.75, 3.05) is 6.54 Å². The standard InChI is InChI=1S/C11H11NO2/c13-11(14)9-6-7-12-10(9)8-4-2-1-3-5-8/h1-6,10,12H,7H2,(H,13,14)/t10-/m0/s1. The molecule has 1 atom stereocenters. The Morgan fingerprint density at radius 3 is 2.71 bits per heavy atom. The second-order valence-electron chi connectivity index (χ2n) is 3.22. The summed E-state index contributed by atoms with van der Waals surface area (Å²) in [7, 11) is 0. The minimum atomic E-state index is -0.844. The average molecular weight is 189 g/mol. The Balaban J connectivity index is 2.29. The maximum absolute atomic E-state index is 10.9. The van der Waals surface area contributed by atoms with Crippen LogP contribution in [-0.4, -0.2) is 17.6 Å². The third-order valence-electron chi connectivity index (χ3n) is 2.33. The van der Waals surface area contributed by atoms with Crippen LogP contribution in [0.25, 0.3) is 0 Å². The van der Waals surface area contributed by atoms with E-state index in [0.717, 1.165) is 5.56 Å². The summed E-state index contributed by atoms with van der Waals surface area (Å²) in [5.41, 5.74) is 1.44. The van der Waals surface area contributed by atoms with Crippen molar-refractivity contribution < 1.29 is 9.90 Å². The summed E-state index contributed by atoms with van der Waals surface area (Å²) in [6.07, 6.45) is 1.72. The Hall–Kier alpha value is -1.61. The van der Waals surface area contributed by atoms with Crippen molar-refractivity contribution in [3.8, 4) is 0 Å². The molecule has 0 saturated heterocycles. The molecule has 0 aliphatic carbocycles. The van der Waals surface area contributed by atoms with Crippen LogP contribution in [0.4, 0.5) is 0 Å². The molecule has 0 spiro atoms. The predicted octanol–water partition coefficient (Wildman–Crippen LogP) is 1.34. The molecular formula is C11H11NO2. The third kappa shape index (κ3) is 1.54. The van der Waals surface area contributed by atoms with Crippen LogP contribution in [0.2, 0.25) is 0 Å². The Labute approximate surface area is 82.1 Å². The molecule has 0 aromatic heterocycles. The summed E-state index contributed by atoms with van der Waals surface area (Å²) in [5.74, 6) is -0.844. The van der Waals surface area contributed by atoms with Gasteiger partial charge in [0.05, 0.1) is 11.6 Å². The van der Waals surface area contributed by atoms with Gasteiger partial charge in [-0.25, -0.2) is 4.79 Å². The van der Waals surface area contributed by atoms with Gasteiger partial charge in [0.25, 0.3) is 0 Å². The van der Waals surface area contributed by atoms with Crippen LogP contribution < -0.4 is 5.32 Å². The van der Waals surface area contributed by atoms with Crippen molar-refractivity contribution in [1.29, 1.82) is 0 Å². The van der Waals surface area contributed by atoms with Gasteiger partial charge in [0.1, 0.15) is 0 Å². The van der Waals surface area contributed by atoms with E-state index in [-0.39, 0.29) is 6.04 Å². The first-order valence-corrected chi connectivity index (χ1v) is 4.50. The molecular weight excluding hydrogens is 178 g/mol. The highest BCUT2D eigenvalue weighted by molar-refractivity contribution is 5.89. The number of hydrogen-bond acceptors (Lipinski definition) is 2. The molecule has 14 heavy (non-hydrogen) atoms. The van der Waals surface area contributed by atoms with Crippen molar-refractivity contribution in [2.24, 2.45) is 0 Å². The molecule has 0 saturated carbocycles. The summed E-state index contributed by atoms with van der Waals surface area (Å²) in [4.78, 5) is 10.9. The van der Waals surface area contributed by atoms with E-state index >= 15 is 0 Å². The number of rotatable bonds is 2. The van der Waals surface area contributed by atoms with Crippen LogP contribution in [0, 0.1) is 0 Å². The van der Waals surface area contributed by atoms with Gasteiger partial charge >= 0.3 is 5.97 Å². The Kier molecular flexibility index (Phi) is 2.33. The number of benzene rings is 1. The first-order chi connectivity index (χ1) is 6.79. The second-order valence-corrected chi connectivity index (χ2v) is 3.22. The minimum Gasteiger partial charge on any atom is -0.478 e. The van der Waals surface area contributed by atoms with Crippen molar-refractivity contribution in [3.05, 3.63) is 47.5 Å². The largest absolute Gasteiger partial charge is 0.478 e. The van der Waals surface area contributed by atoms with Crippen LogP contribution in [0.3, 0.4) is 0 Å². The summed E-state index contributed by atoms with van der Waals surface area (Å²) in [5, 5.41) is 12.1. The fraction of sp³-hybridized carbons (Fsp3) is 0.182. The van der Waals surface area contributed by atoms with Crippen molar-refractivity contribution in [1.82, 2.24) is 5.32 Å². The Morgan fingerprint density at radius 2 is 2.07 bits per heavy atom. The third-order valence-corrected chi connectivity index (χ3v) is 2.33. The van der Waals surface area contributed by atoms with Gasteiger partial charge in [-0.2, -0.15) is 0 Å². The lowest BCUT2D eigenvalue weighted by atomic mass is 10.0. The topological polar surface area (TPSA) is 49.3 Å². The fourth-order valence-corrected chi connectivity index (χ4v) is 1.67. The molecule has 1 aromatic rings. The van der Waals surface area contributed by atoms with Gasteiger partial charge in [0.15, 0.2) is 0 Å². The van der Waals surface area contributed by atoms with Gasteiger partial charge in [-0.3, -0.25) is 0 Å². The molecule has 1 heterocycles. The van der Waals surface area contributed by atoms with Crippen LogP contribution >= 0.6 is 0 Å². The molecule has 0 unspecified atom stereocenters. The smallest absolute Gasteiger partial charge is 0.333 e.